The van der Waals surface area contributed by atoms with Crippen LogP contribution in [-0.4, -0.2) is 16.1 Å². The number of nitrogens with zero attached hydrogens (tertiary/aromatic N) is 2. The Kier molecular flexibility index (Phi) is 4.64. The van der Waals surface area contributed by atoms with Crippen molar-refractivity contribution in [3.8, 4) is 22.9 Å². The summed E-state index contributed by atoms with van der Waals surface area (Å²) in [6.45, 7) is 2.02. The standard InChI is InChI=1S/C25H21N3O2/c1-16-4-2-7-21(14-16)25-28-27-24(30-25)19-10-8-18(9-11-19)23(29)26-22-13-12-17-5-3-6-20(17)15-22/h2,4,7-15H,3,5-6H2,1H3,(H,26,29). The Bertz CT molecular complexity index is 1230. The third kappa shape index (κ3) is 3.62. The minimum Gasteiger partial charge on any atom is -0.416 e. The second-order valence-electron chi connectivity index (χ2n) is 7.65. The highest BCUT2D eigenvalue weighted by molar-refractivity contribution is 6.04. The second kappa shape index (κ2) is 7.59. The lowest BCUT2D eigenvalue weighted by atomic mass is 10.1. The van der Waals surface area contributed by atoms with E-state index in [4.69, 9.17) is 4.42 Å². The van der Waals surface area contributed by atoms with Gasteiger partial charge in [-0.2, -0.15) is 0 Å². The van der Waals surface area contributed by atoms with Crippen molar-refractivity contribution >= 4 is 11.6 Å². The molecule has 0 aliphatic heterocycles. The zero-order valence-corrected chi connectivity index (χ0v) is 16.7. The molecular weight excluding hydrogens is 374 g/mol. The molecule has 148 valence electrons. The molecule has 0 bridgehead atoms. The van der Waals surface area contributed by atoms with Gasteiger partial charge in [0.25, 0.3) is 5.91 Å². The smallest absolute Gasteiger partial charge is 0.255 e. The van der Waals surface area contributed by atoms with Crippen molar-refractivity contribution in [3.63, 3.8) is 0 Å². The van der Waals surface area contributed by atoms with Crippen LogP contribution in [-0.2, 0) is 12.8 Å². The molecule has 4 aromatic rings. The average molecular weight is 395 g/mol. The Morgan fingerprint density at radius 1 is 0.867 bits per heavy atom. The molecule has 1 amide bonds. The van der Waals surface area contributed by atoms with E-state index in [0.717, 1.165) is 35.2 Å². The van der Waals surface area contributed by atoms with E-state index in [0.29, 0.717) is 17.3 Å². The van der Waals surface area contributed by atoms with Crippen LogP contribution in [0.25, 0.3) is 22.9 Å². The Balaban J connectivity index is 1.31. The second-order valence-corrected chi connectivity index (χ2v) is 7.65. The van der Waals surface area contributed by atoms with Crippen molar-refractivity contribution in [2.24, 2.45) is 0 Å². The number of aromatic nitrogens is 2. The lowest BCUT2D eigenvalue weighted by Gasteiger charge is -2.08. The van der Waals surface area contributed by atoms with Gasteiger partial charge in [-0.05, 0) is 85.8 Å². The van der Waals surface area contributed by atoms with Gasteiger partial charge in [-0.3, -0.25) is 4.79 Å². The van der Waals surface area contributed by atoms with E-state index in [1.807, 2.05) is 49.4 Å². The molecule has 5 nitrogen and oxygen atoms in total. The molecule has 0 fully saturated rings. The van der Waals surface area contributed by atoms with Gasteiger partial charge in [-0.15, -0.1) is 10.2 Å². The van der Waals surface area contributed by atoms with E-state index < -0.39 is 0 Å². The lowest BCUT2D eigenvalue weighted by molar-refractivity contribution is 0.102. The molecule has 0 spiro atoms. The van der Waals surface area contributed by atoms with Crippen LogP contribution in [0.5, 0.6) is 0 Å². The van der Waals surface area contributed by atoms with Gasteiger partial charge in [-0.25, -0.2) is 0 Å². The van der Waals surface area contributed by atoms with Gasteiger partial charge >= 0.3 is 0 Å². The maximum Gasteiger partial charge on any atom is 0.255 e. The van der Waals surface area contributed by atoms with Crippen LogP contribution >= 0.6 is 0 Å². The topological polar surface area (TPSA) is 68.0 Å². The third-order valence-corrected chi connectivity index (χ3v) is 5.44. The number of anilines is 1. The minimum absolute atomic E-state index is 0.134. The summed E-state index contributed by atoms with van der Waals surface area (Å²) in [6, 6.07) is 21.3. The van der Waals surface area contributed by atoms with Crippen LogP contribution in [0, 0.1) is 6.92 Å². The number of nitrogens with one attached hydrogen (secondary N) is 1. The predicted molar refractivity (Wildman–Crippen MR) is 116 cm³/mol. The molecule has 0 saturated heterocycles. The van der Waals surface area contributed by atoms with Crippen LogP contribution in [0.3, 0.4) is 0 Å². The fourth-order valence-corrected chi connectivity index (χ4v) is 3.85. The summed E-state index contributed by atoms with van der Waals surface area (Å²) in [5, 5.41) is 11.3. The number of rotatable bonds is 4. The number of benzene rings is 3. The van der Waals surface area contributed by atoms with Crippen molar-refractivity contribution in [2.75, 3.05) is 5.32 Å². The molecule has 0 saturated carbocycles. The summed E-state index contributed by atoms with van der Waals surface area (Å²) in [6.07, 6.45) is 3.41. The summed E-state index contributed by atoms with van der Waals surface area (Å²) in [5.74, 6) is 0.773. The van der Waals surface area contributed by atoms with E-state index in [2.05, 4.69) is 27.6 Å². The maximum atomic E-state index is 12.6. The monoisotopic (exact) mass is 395 g/mol. The van der Waals surface area contributed by atoms with Gasteiger partial charge in [0.05, 0.1) is 0 Å². The largest absolute Gasteiger partial charge is 0.416 e. The van der Waals surface area contributed by atoms with Crippen LogP contribution in [0.4, 0.5) is 5.69 Å². The summed E-state index contributed by atoms with van der Waals surface area (Å²) >= 11 is 0. The van der Waals surface area contributed by atoms with Crippen molar-refractivity contribution in [1.29, 1.82) is 0 Å². The van der Waals surface area contributed by atoms with Crippen molar-refractivity contribution in [2.45, 2.75) is 26.2 Å². The quantitative estimate of drug-likeness (QED) is 0.499. The van der Waals surface area contributed by atoms with E-state index in [1.54, 1.807) is 12.1 Å². The number of hydrogen-bond donors (Lipinski definition) is 1. The van der Waals surface area contributed by atoms with E-state index in [1.165, 1.54) is 17.5 Å². The van der Waals surface area contributed by atoms with Crippen LogP contribution < -0.4 is 5.32 Å². The van der Waals surface area contributed by atoms with E-state index in [-0.39, 0.29) is 5.91 Å². The molecule has 1 N–H and O–H groups in total. The lowest BCUT2D eigenvalue weighted by Crippen LogP contribution is -2.11. The van der Waals surface area contributed by atoms with Gasteiger partial charge < -0.3 is 9.73 Å². The van der Waals surface area contributed by atoms with Crippen LogP contribution in [0.1, 0.15) is 33.5 Å². The molecule has 1 aliphatic carbocycles. The van der Waals surface area contributed by atoms with Gasteiger partial charge in [0.15, 0.2) is 0 Å². The first-order chi connectivity index (χ1) is 14.7. The number of aryl methyl sites for hydroxylation is 3. The zero-order valence-electron chi connectivity index (χ0n) is 16.7. The number of amides is 1. The molecule has 0 unspecified atom stereocenters. The van der Waals surface area contributed by atoms with Gasteiger partial charge in [0.2, 0.25) is 11.8 Å². The fourth-order valence-electron chi connectivity index (χ4n) is 3.85. The fraction of sp³-hybridized carbons (Fsp3) is 0.160. The first kappa shape index (κ1) is 18.3. The molecule has 1 aliphatic rings. The number of carbonyl (C=O) groups excluding carboxylic acids is 1. The molecule has 3 aromatic carbocycles. The minimum atomic E-state index is -0.134. The first-order valence-electron chi connectivity index (χ1n) is 10.1. The van der Waals surface area contributed by atoms with Crippen LogP contribution in [0.2, 0.25) is 0 Å². The maximum absolute atomic E-state index is 12.6. The highest BCUT2D eigenvalue weighted by Crippen LogP contribution is 2.26. The zero-order chi connectivity index (χ0) is 20.5. The SMILES string of the molecule is Cc1cccc(-c2nnc(-c3ccc(C(=O)Nc4ccc5c(c4)CCC5)cc3)o2)c1. The third-order valence-electron chi connectivity index (χ3n) is 5.44. The molecule has 5 heteroatoms. The average Bonchev–Trinajstić information content (AvgIpc) is 3.43. The summed E-state index contributed by atoms with van der Waals surface area (Å²) in [5.41, 5.74) is 6.94. The normalized spacial score (nSPS) is 12.6. The van der Waals surface area contributed by atoms with Crippen molar-refractivity contribution in [3.05, 3.63) is 89.0 Å². The molecule has 5 rings (SSSR count). The Hall–Kier alpha value is -3.73. The summed E-state index contributed by atoms with van der Waals surface area (Å²) in [4.78, 5) is 12.6. The molecule has 1 heterocycles. The number of hydrogen-bond acceptors (Lipinski definition) is 4. The highest BCUT2D eigenvalue weighted by Gasteiger charge is 2.14. The molecule has 0 atom stereocenters. The molecule has 30 heavy (non-hydrogen) atoms. The molecule has 1 aromatic heterocycles. The Morgan fingerprint density at radius 2 is 1.63 bits per heavy atom. The van der Waals surface area contributed by atoms with Crippen molar-refractivity contribution < 1.29 is 9.21 Å². The van der Waals surface area contributed by atoms with E-state index >= 15 is 0 Å². The number of fused-ring (bicyclic) bond motifs is 1. The Labute approximate surface area is 174 Å². The van der Waals surface area contributed by atoms with E-state index in [9.17, 15) is 4.79 Å². The summed E-state index contributed by atoms with van der Waals surface area (Å²) in [7, 11) is 0. The highest BCUT2D eigenvalue weighted by atomic mass is 16.4. The molecular formula is C25H21N3O2. The number of carbonyl (C=O) groups is 1. The van der Waals surface area contributed by atoms with Gasteiger partial charge in [-0.1, -0.05) is 23.8 Å². The molecule has 0 radical (unpaired) electrons. The predicted octanol–water partition coefficient (Wildman–Crippen LogP) is 5.45. The Morgan fingerprint density at radius 3 is 2.43 bits per heavy atom. The van der Waals surface area contributed by atoms with Crippen molar-refractivity contribution in [1.82, 2.24) is 10.2 Å². The summed E-state index contributed by atoms with van der Waals surface area (Å²) < 4.78 is 5.83. The first-order valence-corrected chi connectivity index (χ1v) is 10.1. The van der Waals surface area contributed by atoms with Crippen LogP contribution in [0.15, 0.2) is 71.1 Å². The van der Waals surface area contributed by atoms with Gasteiger partial charge in [0.1, 0.15) is 0 Å². The van der Waals surface area contributed by atoms with Gasteiger partial charge in [0, 0.05) is 22.4 Å².